The third-order valence-electron chi connectivity index (χ3n) is 5.21. The predicted molar refractivity (Wildman–Crippen MR) is 119 cm³/mol. The zero-order chi connectivity index (χ0) is 20.7. The van der Waals surface area contributed by atoms with E-state index in [0.29, 0.717) is 15.8 Å². The van der Waals surface area contributed by atoms with Gasteiger partial charge in [-0.2, -0.15) is 0 Å². The number of carboxylic acids is 1. The number of hydrogen-bond donors (Lipinski definition) is 1. The molecule has 2 aromatic heterocycles. The number of carboxylic acid groups (broad SMARTS) is 1. The summed E-state index contributed by atoms with van der Waals surface area (Å²) in [6.45, 7) is 0. The van der Waals surface area contributed by atoms with Crippen molar-refractivity contribution in [2.75, 3.05) is 0 Å². The molecule has 0 radical (unpaired) electrons. The third-order valence-corrected chi connectivity index (χ3v) is 6.09. The van der Waals surface area contributed by atoms with E-state index in [4.69, 9.17) is 0 Å². The predicted octanol–water partition coefficient (Wildman–Crippen LogP) is 4.95. The van der Waals surface area contributed by atoms with Crippen molar-refractivity contribution >= 4 is 38.3 Å². The lowest BCUT2D eigenvalue weighted by atomic mass is 10.0. The van der Waals surface area contributed by atoms with Crippen molar-refractivity contribution in [3.05, 3.63) is 100 Å². The van der Waals surface area contributed by atoms with Crippen LogP contribution in [0, 0.1) is 0 Å². The molecule has 0 aliphatic carbocycles. The van der Waals surface area contributed by atoms with Crippen LogP contribution in [0.25, 0.3) is 32.1 Å². The maximum absolute atomic E-state index is 13.4. The number of aliphatic carboxylic acids is 1. The van der Waals surface area contributed by atoms with Crippen molar-refractivity contribution in [3.8, 4) is 11.1 Å². The highest BCUT2D eigenvalue weighted by molar-refractivity contribution is 7.17. The van der Waals surface area contributed by atoms with Gasteiger partial charge in [0.15, 0.2) is 6.04 Å². The van der Waals surface area contributed by atoms with Gasteiger partial charge in [-0.1, -0.05) is 66.7 Å². The average molecular weight is 412 g/mol. The smallest absolute Gasteiger partial charge is 0.331 e. The van der Waals surface area contributed by atoms with Crippen LogP contribution in [0.1, 0.15) is 11.6 Å². The quantitative estimate of drug-likeness (QED) is 0.453. The molecule has 5 nitrogen and oxygen atoms in total. The highest BCUT2D eigenvalue weighted by Crippen LogP contribution is 2.33. The molecule has 0 saturated heterocycles. The van der Waals surface area contributed by atoms with Gasteiger partial charge in [-0.25, -0.2) is 9.78 Å². The highest BCUT2D eigenvalue weighted by atomic mass is 32.1. The van der Waals surface area contributed by atoms with Crippen molar-refractivity contribution in [1.29, 1.82) is 0 Å². The van der Waals surface area contributed by atoms with Gasteiger partial charge < -0.3 is 5.11 Å². The fraction of sp³-hybridized carbons (Fsp3) is 0.0417. The second kappa shape index (κ2) is 7.24. The van der Waals surface area contributed by atoms with E-state index in [0.717, 1.165) is 21.9 Å². The molecule has 0 aliphatic heterocycles. The Morgan fingerprint density at radius 1 is 0.967 bits per heavy atom. The fourth-order valence-electron chi connectivity index (χ4n) is 3.76. The van der Waals surface area contributed by atoms with Crippen LogP contribution >= 0.6 is 11.3 Å². The molecule has 5 aromatic rings. The molecule has 0 amide bonds. The molecular weight excluding hydrogens is 396 g/mol. The lowest BCUT2D eigenvalue weighted by Crippen LogP contribution is -2.30. The summed E-state index contributed by atoms with van der Waals surface area (Å²) in [4.78, 5) is 30.5. The van der Waals surface area contributed by atoms with Crippen molar-refractivity contribution in [2.24, 2.45) is 0 Å². The van der Waals surface area contributed by atoms with E-state index in [-0.39, 0.29) is 5.56 Å². The molecule has 5 rings (SSSR count). The molecule has 2 heterocycles. The van der Waals surface area contributed by atoms with E-state index in [2.05, 4.69) is 4.98 Å². The second-order valence-electron chi connectivity index (χ2n) is 7.00. The summed E-state index contributed by atoms with van der Waals surface area (Å²) in [6.07, 6.45) is 1.33. The minimum absolute atomic E-state index is 0.360. The maximum Gasteiger partial charge on any atom is 0.331 e. The topological polar surface area (TPSA) is 72.2 Å². The summed E-state index contributed by atoms with van der Waals surface area (Å²) in [5.74, 6) is -1.10. The number of aromatic nitrogens is 2. The van der Waals surface area contributed by atoms with Gasteiger partial charge in [-0.3, -0.25) is 9.36 Å². The molecule has 3 aromatic carbocycles. The fourth-order valence-corrected chi connectivity index (χ4v) is 4.66. The van der Waals surface area contributed by atoms with Crippen LogP contribution in [0.5, 0.6) is 0 Å². The second-order valence-corrected chi connectivity index (χ2v) is 7.86. The van der Waals surface area contributed by atoms with Crippen LogP contribution < -0.4 is 5.56 Å². The molecule has 1 N–H and O–H groups in total. The van der Waals surface area contributed by atoms with E-state index in [1.807, 2.05) is 53.9 Å². The highest BCUT2D eigenvalue weighted by Gasteiger charge is 2.25. The zero-order valence-corrected chi connectivity index (χ0v) is 16.5. The number of benzene rings is 3. The third kappa shape index (κ3) is 2.98. The van der Waals surface area contributed by atoms with E-state index in [9.17, 15) is 14.7 Å². The van der Waals surface area contributed by atoms with Gasteiger partial charge in [0.1, 0.15) is 11.2 Å². The number of rotatable bonds is 4. The van der Waals surface area contributed by atoms with E-state index in [1.54, 1.807) is 24.3 Å². The van der Waals surface area contributed by atoms with Gasteiger partial charge in [-0.05, 0) is 28.0 Å². The van der Waals surface area contributed by atoms with Gasteiger partial charge in [0.2, 0.25) is 0 Å². The van der Waals surface area contributed by atoms with Gasteiger partial charge in [0, 0.05) is 10.9 Å². The summed E-state index contributed by atoms with van der Waals surface area (Å²) in [7, 11) is 0. The van der Waals surface area contributed by atoms with Crippen LogP contribution in [0.15, 0.2) is 89.3 Å². The number of hydrogen-bond acceptors (Lipinski definition) is 4. The van der Waals surface area contributed by atoms with Crippen LogP contribution in [-0.4, -0.2) is 20.6 Å². The maximum atomic E-state index is 13.4. The van der Waals surface area contributed by atoms with Crippen molar-refractivity contribution in [3.63, 3.8) is 0 Å². The molecule has 0 bridgehead atoms. The van der Waals surface area contributed by atoms with Crippen molar-refractivity contribution in [1.82, 2.24) is 9.55 Å². The molecule has 0 saturated carbocycles. The minimum atomic E-state index is -1.14. The molecule has 0 aliphatic rings. The summed E-state index contributed by atoms with van der Waals surface area (Å²) in [6, 6.07) is 21.7. The Labute approximate surface area is 175 Å². The van der Waals surface area contributed by atoms with Gasteiger partial charge in [0.05, 0.1) is 5.39 Å². The van der Waals surface area contributed by atoms with Crippen LogP contribution in [0.4, 0.5) is 0 Å². The largest absolute Gasteiger partial charge is 0.479 e. The lowest BCUT2D eigenvalue weighted by Gasteiger charge is -2.16. The van der Waals surface area contributed by atoms with E-state index >= 15 is 0 Å². The molecule has 146 valence electrons. The van der Waals surface area contributed by atoms with E-state index < -0.39 is 12.0 Å². The molecule has 1 atom stereocenters. The van der Waals surface area contributed by atoms with E-state index in [1.165, 1.54) is 22.2 Å². The SMILES string of the molecule is O=C(O)C(c1ccccc1)n1cnc2scc(-c3ccc4ccccc4c3)c2c1=O. The molecule has 6 heteroatoms. The van der Waals surface area contributed by atoms with Gasteiger partial charge in [0.25, 0.3) is 5.56 Å². The molecule has 1 unspecified atom stereocenters. The Balaban J connectivity index is 1.72. The number of nitrogens with zero attached hydrogens (tertiary/aromatic N) is 2. The molecule has 0 spiro atoms. The number of carbonyl (C=O) groups is 1. The Morgan fingerprint density at radius 3 is 2.47 bits per heavy atom. The first-order valence-electron chi connectivity index (χ1n) is 9.39. The van der Waals surface area contributed by atoms with Gasteiger partial charge >= 0.3 is 5.97 Å². The normalized spacial score (nSPS) is 12.3. The Morgan fingerprint density at radius 2 is 1.70 bits per heavy atom. The monoisotopic (exact) mass is 412 g/mol. The Kier molecular flexibility index (Phi) is 4.41. The van der Waals surface area contributed by atoms with Crippen LogP contribution in [0.2, 0.25) is 0 Å². The lowest BCUT2D eigenvalue weighted by molar-refractivity contribution is -0.139. The first-order chi connectivity index (χ1) is 14.6. The minimum Gasteiger partial charge on any atom is -0.479 e. The van der Waals surface area contributed by atoms with Crippen LogP contribution in [-0.2, 0) is 4.79 Å². The molecule has 0 fully saturated rings. The summed E-state index contributed by atoms with van der Waals surface area (Å²) in [5.41, 5.74) is 1.84. The Bertz CT molecular complexity index is 1450. The molecule has 30 heavy (non-hydrogen) atoms. The molecular formula is C24H16N2O3S. The van der Waals surface area contributed by atoms with Gasteiger partial charge in [-0.15, -0.1) is 11.3 Å². The number of fused-ring (bicyclic) bond motifs is 2. The Hall–Kier alpha value is -3.77. The summed E-state index contributed by atoms with van der Waals surface area (Å²) < 4.78 is 1.21. The first-order valence-corrected chi connectivity index (χ1v) is 10.3. The van der Waals surface area contributed by atoms with Crippen molar-refractivity contribution < 1.29 is 9.90 Å². The van der Waals surface area contributed by atoms with Crippen LogP contribution in [0.3, 0.4) is 0 Å². The number of thiophene rings is 1. The average Bonchev–Trinajstić information content (AvgIpc) is 3.21. The van der Waals surface area contributed by atoms with Crippen molar-refractivity contribution in [2.45, 2.75) is 6.04 Å². The zero-order valence-electron chi connectivity index (χ0n) is 15.7. The first kappa shape index (κ1) is 18.3. The summed E-state index contributed by atoms with van der Waals surface area (Å²) in [5, 5.41) is 14.4. The summed E-state index contributed by atoms with van der Waals surface area (Å²) >= 11 is 1.38. The standard InChI is InChI=1S/C24H16N2O3S/c27-23-20-19(18-11-10-15-6-4-5-9-17(15)12-18)13-30-22(20)25-14-26(23)21(24(28)29)16-7-2-1-3-8-16/h1-14,21H,(H,28,29).